The van der Waals surface area contributed by atoms with Gasteiger partial charge < -0.3 is 5.73 Å². The summed E-state index contributed by atoms with van der Waals surface area (Å²) in [6.45, 7) is 0. The highest BCUT2D eigenvalue weighted by molar-refractivity contribution is 6.30. The Morgan fingerprint density at radius 1 is 1.05 bits per heavy atom. The van der Waals surface area contributed by atoms with Gasteiger partial charge in [0, 0.05) is 23.2 Å². The molecule has 0 spiro atoms. The highest BCUT2D eigenvalue weighted by atomic mass is 35.5. The van der Waals surface area contributed by atoms with Gasteiger partial charge in [0.05, 0.1) is 0 Å². The molecule has 19 heavy (non-hydrogen) atoms. The molecular formula is C16H13ClN2. The van der Waals surface area contributed by atoms with Crippen molar-refractivity contribution in [1.82, 2.24) is 0 Å². The van der Waals surface area contributed by atoms with Gasteiger partial charge in [-0.15, -0.1) is 0 Å². The summed E-state index contributed by atoms with van der Waals surface area (Å²) in [6.07, 6.45) is 2.47. The van der Waals surface area contributed by atoms with Crippen LogP contribution in [-0.4, -0.2) is 5.84 Å². The molecule has 1 aliphatic heterocycles. The van der Waals surface area contributed by atoms with E-state index in [0.717, 1.165) is 27.3 Å². The Balaban J connectivity index is 2.20. The zero-order chi connectivity index (χ0) is 13.2. The number of nitrogens with two attached hydrogens (primary N) is 1. The number of benzene rings is 2. The fourth-order valence-corrected chi connectivity index (χ4v) is 2.47. The van der Waals surface area contributed by atoms with Gasteiger partial charge in [0.1, 0.15) is 5.84 Å². The largest absolute Gasteiger partial charge is 0.387 e. The second-order valence-electron chi connectivity index (χ2n) is 4.51. The van der Waals surface area contributed by atoms with Crippen molar-refractivity contribution in [3.8, 4) is 0 Å². The van der Waals surface area contributed by atoms with Crippen LogP contribution in [0.1, 0.15) is 16.7 Å². The smallest absolute Gasteiger partial charge is 0.103 e. The lowest BCUT2D eigenvalue weighted by Gasteiger charge is -2.11. The molecular weight excluding hydrogens is 256 g/mol. The predicted molar refractivity (Wildman–Crippen MR) is 80.3 cm³/mol. The lowest BCUT2D eigenvalue weighted by Crippen LogP contribution is -2.14. The van der Waals surface area contributed by atoms with Gasteiger partial charge in [-0.1, -0.05) is 48.0 Å². The summed E-state index contributed by atoms with van der Waals surface area (Å²) >= 11 is 6.07. The molecule has 0 amide bonds. The van der Waals surface area contributed by atoms with Crippen LogP contribution in [0.2, 0.25) is 5.02 Å². The van der Waals surface area contributed by atoms with Gasteiger partial charge in [0.15, 0.2) is 0 Å². The molecule has 1 aliphatic rings. The number of nitrogens with zero attached hydrogens (tertiary/aromatic N) is 1. The molecule has 1 heterocycles. The first-order chi connectivity index (χ1) is 9.24. The van der Waals surface area contributed by atoms with Crippen LogP contribution in [0.15, 0.2) is 59.7 Å². The lowest BCUT2D eigenvalue weighted by atomic mass is 9.94. The average molecular weight is 269 g/mol. The third-order valence-electron chi connectivity index (χ3n) is 3.17. The van der Waals surface area contributed by atoms with Crippen molar-refractivity contribution >= 4 is 23.0 Å². The molecule has 0 aliphatic carbocycles. The maximum atomic E-state index is 6.07. The Hall–Kier alpha value is -2.06. The number of rotatable bonds is 1. The predicted octanol–water partition coefficient (Wildman–Crippen LogP) is 3.64. The first-order valence-electron chi connectivity index (χ1n) is 6.10. The molecule has 2 aromatic carbocycles. The van der Waals surface area contributed by atoms with E-state index in [0.29, 0.717) is 12.3 Å². The number of amidine groups is 1. The van der Waals surface area contributed by atoms with E-state index >= 15 is 0 Å². The van der Waals surface area contributed by atoms with Crippen LogP contribution in [0.3, 0.4) is 0 Å². The fraction of sp³-hybridized carbons (Fsp3) is 0.0625. The van der Waals surface area contributed by atoms with E-state index in [1.54, 1.807) is 0 Å². The van der Waals surface area contributed by atoms with Crippen molar-refractivity contribution in [1.29, 1.82) is 0 Å². The van der Waals surface area contributed by atoms with Crippen LogP contribution in [0.25, 0.3) is 5.57 Å². The van der Waals surface area contributed by atoms with Gasteiger partial charge >= 0.3 is 0 Å². The zero-order valence-corrected chi connectivity index (χ0v) is 11.1. The summed E-state index contributed by atoms with van der Waals surface area (Å²) in [5.41, 5.74) is 10.4. The summed E-state index contributed by atoms with van der Waals surface area (Å²) < 4.78 is 0. The molecule has 0 bridgehead atoms. The normalized spacial score (nSPS) is 14.2. The maximum Gasteiger partial charge on any atom is 0.103 e. The van der Waals surface area contributed by atoms with Crippen LogP contribution in [-0.2, 0) is 6.42 Å². The molecule has 0 atom stereocenters. The highest BCUT2D eigenvalue weighted by Gasteiger charge is 2.14. The van der Waals surface area contributed by atoms with E-state index in [9.17, 15) is 0 Å². The molecule has 0 aromatic heterocycles. The lowest BCUT2D eigenvalue weighted by molar-refractivity contribution is 1.28. The molecule has 94 valence electrons. The van der Waals surface area contributed by atoms with Crippen molar-refractivity contribution < 1.29 is 0 Å². The number of halogens is 1. The third kappa shape index (κ3) is 2.40. The van der Waals surface area contributed by atoms with Gasteiger partial charge in [-0.2, -0.15) is 0 Å². The molecule has 0 radical (unpaired) electrons. The Morgan fingerprint density at radius 3 is 2.63 bits per heavy atom. The minimum absolute atomic E-state index is 0.606. The first-order valence-corrected chi connectivity index (χ1v) is 6.48. The van der Waals surface area contributed by atoms with Gasteiger partial charge in [-0.05, 0) is 28.8 Å². The number of hydrogen-bond acceptors (Lipinski definition) is 2. The van der Waals surface area contributed by atoms with Crippen LogP contribution in [0.5, 0.6) is 0 Å². The first kappa shape index (κ1) is 12.0. The van der Waals surface area contributed by atoms with E-state index in [-0.39, 0.29) is 0 Å². The van der Waals surface area contributed by atoms with E-state index in [1.807, 2.05) is 42.6 Å². The second-order valence-corrected chi connectivity index (χ2v) is 4.94. The minimum Gasteiger partial charge on any atom is -0.387 e. The summed E-state index contributed by atoms with van der Waals surface area (Å²) in [7, 11) is 0. The number of aliphatic imine (C=N–C) groups is 1. The monoisotopic (exact) mass is 268 g/mol. The van der Waals surface area contributed by atoms with E-state index < -0.39 is 0 Å². The van der Waals surface area contributed by atoms with Gasteiger partial charge in [0.2, 0.25) is 0 Å². The summed E-state index contributed by atoms with van der Waals surface area (Å²) in [5, 5.41) is 0.723. The van der Waals surface area contributed by atoms with Crippen molar-refractivity contribution in [3.05, 3.63) is 76.4 Å². The topological polar surface area (TPSA) is 38.4 Å². The molecule has 2 nitrogen and oxygen atoms in total. The van der Waals surface area contributed by atoms with Crippen LogP contribution in [0.4, 0.5) is 0 Å². The zero-order valence-electron chi connectivity index (χ0n) is 10.3. The van der Waals surface area contributed by atoms with E-state index in [4.69, 9.17) is 17.3 Å². The van der Waals surface area contributed by atoms with Gasteiger partial charge in [-0.3, -0.25) is 0 Å². The fourth-order valence-electron chi connectivity index (χ4n) is 2.28. The Kier molecular flexibility index (Phi) is 3.10. The van der Waals surface area contributed by atoms with Crippen molar-refractivity contribution in [2.45, 2.75) is 6.42 Å². The van der Waals surface area contributed by atoms with Gasteiger partial charge in [0.25, 0.3) is 0 Å². The third-order valence-corrected chi connectivity index (χ3v) is 3.41. The number of hydrogen-bond donors (Lipinski definition) is 1. The van der Waals surface area contributed by atoms with Crippen molar-refractivity contribution in [2.75, 3.05) is 0 Å². The maximum absolute atomic E-state index is 6.07. The van der Waals surface area contributed by atoms with E-state index in [2.05, 4.69) is 17.1 Å². The Bertz CT molecular complexity index is 672. The second kappa shape index (κ2) is 4.90. The standard InChI is InChI=1S/C16H13ClN2/c17-13-6-7-14-12(8-13)9-16(18)19-10-15(14)11-4-2-1-3-5-11/h1-8,10H,9H2,(H2,18,19). The highest BCUT2D eigenvalue weighted by Crippen LogP contribution is 2.30. The molecule has 2 N–H and O–H groups in total. The Morgan fingerprint density at radius 2 is 1.84 bits per heavy atom. The number of fused-ring (bicyclic) bond motifs is 1. The summed E-state index contributed by atoms with van der Waals surface area (Å²) in [6, 6.07) is 16.1. The quantitative estimate of drug-likeness (QED) is 0.842. The molecule has 2 aromatic rings. The van der Waals surface area contributed by atoms with E-state index in [1.165, 1.54) is 0 Å². The molecule has 0 unspecified atom stereocenters. The summed E-state index contributed by atoms with van der Waals surface area (Å²) in [4.78, 5) is 4.32. The molecule has 0 fully saturated rings. The molecule has 0 saturated heterocycles. The SMILES string of the molecule is NC1=NC=C(c2ccccc2)c2ccc(Cl)cc2C1. The van der Waals surface area contributed by atoms with Crippen LogP contribution >= 0.6 is 11.6 Å². The molecule has 0 saturated carbocycles. The average Bonchev–Trinajstić information content (AvgIpc) is 2.57. The minimum atomic E-state index is 0.606. The Labute approximate surface area is 117 Å². The van der Waals surface area contributed by atoms with Crippen molar-refractivity contribution in [2.24, 2.45) is 10.7 Å². The summed E-state index contributed by atoms with van der Waals surface area (Å²) in [5.74, 6) is 0.606. The van der Waals surface area contributed by atoms with Crippen LogP contribution < -0.4 is 5.73 Å². The van der Waals surface area contributed by atoms with Crippen molar-refractivity contribution in [3.63, 3.8) is 0 Å². The molecule has 3 rings (SSSR count). The van der Waals surface area contributed by atoms with Crippen LogP contribution in [0, 0.1) is 0 Å². The van der Waals surface area contributed by atoms with Gasteiger partial charge in [-0.25, -0.2) is 4.99 Å². The molecule has 3 heteroatoms.